The van der Waals surface area contributed by atoms with Gasteiger partial charge in [0.25, 0.3) is 0 Å². The molecule has 23 heavy (non-hydrogen) atoms. The summed E-state index contributed by atoms with van der Waals surface area (Å²) in [6.45, 7) is 2.54. The van der Waals surface area contributed by atoms with Crippen molar-refractivity contribution in [2.24, 2.45) is 0 Å². The summed E-state index contributed by atoms with van der Waals surface area (Å²) in [7, 11) is 1.53. The summed E-state index contributed by atoms with van der Waals surface area (Å²) in [4.78, 5) is 32.1. The Kier molecular flexibility index (Phi) is 5.83. The van der Waals surface area contributed by atoms with E-state index in [9.17, 15) is 9.59 Å². The highest BCUT2D eigenvalue weighted by molar-refractivity contribution is 7.20. The minimum atomic E-state index is -0.896. The van der Waals surface area contributed by atoms with E-state index in [0.29, 0.717) is 33.1 Å². The average molecular weight is 339 g/mol. The number of carbonyl (C=O) groups excluding carboxylic acids is 1. The lowest BCUT2D eigenvalue weighted by molar-refractivity contribution is -0.136. The van der Waals surface area contributed by atoms with Crippen LogP contribution in [0.4, 0.5) is 5.82 Å². The Morgan fingerprint density at radius 3 is 2.83 bits per heavy atom. The number of methoxy groups -OCH3 is 1. The summed E-state index contributed by atoms with van der Waals surface area (Å²) >= 11 is 1.22. The molecule has 2 N–H and O–H groups in total. The van der Waals surface area contributed by atoms with Gasteiger partial charge in [0.15, 0.2) is 0 Å². The number of aromatic nitrogens is 2. The van der Waals surface area contributed by atoms with Gasteiger partial charge in [0.1, 0.15) is 28.5 Å². The van der Waals surface area contributed by atoms with E-state index in [1.54, 1.807) is 6.92 Å². The maximum atomic E-state index is 12.1. The molecule has 0 unspecified atom stereocenters. The molecule has 9 heteroatoms. The van der Waals surface area contributed by atoms with Gasteiger partial charge >= 0.3 is 11.9 Å². The molecular formula is C14H17N3O5S. The van der Waals surface area contributed by atoms with E-state index >= 15 is 0 Å². The van der Waals surface area contributed by atoms with Crippen molar-refractivity contribution in [3.05, 3.63) is 16.8 Å². The number of anilines is 1. The van der Waals surface area contributed by atoms with Gasteiger partial charge in [-0.1, -0.05) is 0 Å². The number of aryl methyl sites for hydroxylation is 1. The van der Waals surface area contributed by atoms with Gasteiger partial charge in [-0.2, -0.15) is 0 Å². The molecule has 0 saturated carbocycles. The van der Waals surface area contributed by atoms with Crippen molar-refractivity contribution >= 4 is 39.3 Å². The fourth-order valence-corrected chi connectivity index (χ4v) is 3.01. The molecule has 8 nitrogen and oxygen atoms in total. The molecule has 0 aliphatic carbocycles. The Bertz CT molecular complexity index is 716. The van der Waals surface area contributed by atoms with E-state index in [1.807, 2.05) is 0 Å². The SMILES string of the molecule is COCCOC(=O)c1sc2ncnc(NCCC(=O)O)c2c1C. The first kappa shape index (κ1) is 17.1. The van der Waals surface area contributed by atoms with Crippen molar-refractivity contribution in [2.75, 3.05) is 32.2 Å². The third-order valence-corrected chi connectivity index (χ3v) is 4.24. The molecule has 2 rings (SSSR count). The number of carbonyl (C=O) groups is 2. The lowest BCUT2D eigenvalue weighted by Crippen LogP contribution is -2.10. The second kappa shape index (κ2) is 7.84. The number of carboxylic acid groups (broad SMARTS) is 1. The van der Waals surface area contributed by atoms with Gasteiger partial charge < -0.3 is 19.9 Å². The Hall–Kier alpha value is -2.26. The van der Waals surface area contributed by atoms with E-state index < -0.39 is 11.9 Å². The molecule has 0 aliphatic heterocycles. The molecule has 0 saturated heterocycles. The monoisotopic (exact) mass is 339 g/mol. The molecule has 0 amide bonds. The molecule has 2 aromatic heterocycles. The normalized spacial score (nSPS) is 10.7. The quantitative estimate of drug-likeness (QED) is 0.552. The second-order valence-corrected chi connectivity index (χ2v) is 5.66. The zero-order valence-corrected chi connectivity index (χ0v) is 13.6. The van der Waals surface area contributed by atoms with Crippen LogP contribution in [0.15, 0.2) is 6.33 Å². The molecule has 0 atom stereocenters. The predicted molar refractivity (Wildman–Crippen MR) is 85.1 cm³/mol. The van der Waals surface area contributed by atoms with Gasteiger partial charge in [-0.3, -0.25) is 4.79 Å². The number of hydrogen-bond donors (Lipinski definition) is 2. The number of aliphatic carboxylic acids is 1. The van der Waals surface area contributed by atoms with E-state index in [0.717, 1.165) is 0 Å². The van der Waals surface area contributed by atoms with Crippen molar-refractivity contribution in [1.82, 2.24) is 9.97 Å². The number of carboxylic acids is 1. The third-order valence-electron chi connectivity index (χ3n) is 3.06. The van der Waals surface area contributed by atoms with Crippen LogP contribution >= 0.6 is 11.3 Å². The average Bonchev–Trinajstić information content (AvgIpc) is 2.85. The van der Waals surface area contributed by atoms with Gasteiger partial charge in [0, 0.05) is 13.7 Å². The van der Waals surface area contributed by atoms with Crippen LogP contribution in [0.2, 0.25) is 0 Å². The van der Waals surface area contributed by atoms with Crippen LogP contribution in [0, 0.1) is 6.92 Å². The Labute approximate surface area is 136 Å². The van der Waals surface area contributed by atoms with Crippen LogP contribution in [0.25, 0.3) is 10.2 Å². The Balaban J connectivity index is 2.23. The van der Waals surface area contributed by atoms with Crippen LogP contribution in [0.5, 0.6) is 0 Å². The topological polar surface area (TPSA) is 111 Å². The number of hydrogen-bond acceptors (Lipinski definition) is 8. The van der Waals surface area contributed by atoms with Crippen LogP contribution < -0.4 is 5.32 Å². The first-order valence-corrected chi connectivity index (χ1v) is 7.72. The van der Waals surface area contributed by atoms with Crippen molar-refractivity contribution in [2.45, 2.75) is 13.3 Å². The minimum Gasteiger partial charge on any atom is -0.481 e. The van der Waals surface area contributed by atoms with Crippen molar-refractivity contribution in [3.63, 3.8) is 0 Å². The van der Waals surface area contributed by atoms with E-state index in [-0.39, 0.29) is 19.6 Å². The maximum absolute atomic E-state index is 12.1. The summed E-state index contributed by atoms with van der Waals surface area (Å²) in [5.41, 5.74) is 0.714. The van der Waals surface area contributed by atoms with Crippen LogP contribution in [-0.4, -0.2) is 53.9 Å². The fraction of sp³-hybridized carbons (Fsp3) is 0.429. The molecule has 0 radical (unpaired) electrons. The number of rotatable bonds is 8. The second-order valence-electron chi connectivity index (χ2n) is 4.66. The zero-order valence-electron chi connectivity index (χ0n) is 12.8. The number of fused-ring (bicyclic) bond motifs is 1. The Morgan fingerprint density at radius 2 is 2.13 bits per heavy atom. The molecule has 0 bridgehead atoms. The summed E-state index contributed by atoms with van der Waals surface area (Å²) < 4.78 is 9.98. The van der Waals surface area contributed by atoms with E-state index in [4.69, 9.17) is 14.6 Å². The van der Waals surface area contributed by atoms with Crippen LogP contribution in [0.1, 0.15) is 21.7 Å². The number of ether oxygens (including phenoxy) is 2. The lowest BCUT2D eigenvalue weighted by Gasteiger charge is -2.06. The number of nitrogens with one attached hydrogen (secondary N) is 1. The highest BCUT2D eigenvalue weighted by Gasteiger charge is 2.20. The first-order chi connectivity index (χ1) is 11.0. The van der Waals surface area contributed by atoms with Crippen molar-refractivity contribution < 1.29 is 24.2 Å². The van der Waals surface area contributed by atoms with Gasteiger partial charge in [-0.05, 0) is 12.5 Å². The maximum Gasteiger partial charge on any atom is 0.348 e. The molecule has 0 fully saturated rings. The van der Waals surface area contributed by atoms with Gasteiger partial charge in [0.2, 0.25) is 0 Å². The highest BCUT2D eigenvalue weighted by Crippen LogP contribution is 2.33. The standard InChI is InChI=1S/C14H17N3O5S/c1-8-10-12(15-4-3-9(18)19)16-7-17-13(10)23-11(8)14(20)22-6-5-21-2/h7H,3-6H2,1-2H3,(H,18,19)(H,15,16,17). The lowest BCUT2D eigenvalue weighted by atomic mass is 10.2. The summed E-state index contributed by atoms with van der Waals surface area (Å²) in [5.74, 6) is -0.813. The number of thiophene rings is 1. The third kappa shape index (κ3) is 4.14. The minimum absolute atomic E-state index is 0.0272. The van der Waals surface area contributed by atoms with Gasteiger partial charge in [0.05, 0.1) is 18.4 Å². The van der Waals surface area contributed by atoms with E-state index in [2.05, 4.69) is 15.3 Å². The van der Waals surface area contributed by atoms with Gasteiger partial charge in [-0.15, -0.1) is 11.3 Å². The van der Waals surface area contributed by atoms with Crippen molar-refractivity contribution in [1.29, 1.82) is 0 Å². The highest BCUT2D eigenvalue weighted by atomic mass is 32.1. The molecule has 2 heterocycles. The van der Waals surface area contributed by atoms with Crippen LogP contribution in [-0.2, 0) is 14.3 Å². The summed E-state index contributed by atoms with van der Waals surface area (Å²) in [6, 6.07) is 0. The molecular weight excluding hydrogens is 322 g/mol. The van der Waals surface area contributed by atoms with Gasteiger partial charge in [-0.25, -0.2) is 14.8 Å². The predicted octanol–water partition coefficient (Wildman–Crippen LogP) is 1.69. The smallest absolute Gasteiger partial charge is 0.348 e. The molecule has 0 spiro atoms. The molecule has 0 aliphatic rings. The summed E-state index contributed by atoms with van der Waals surface area (Å²) in [6.07, 6.45) is 1.35. The number of nitrogens with zero attached hydrogens (tertiary/aromatic N) is 2. The number of esters is 1. The largest absolute Gasteiger partial charge is 0.481 e. The van der Waals surface area contributed by atoms with E-state index in [1.165, 1.54) is 24.8 Å². The molecule has 124 valence electrons. The fourth-order valence-electron chi connectivity index (χ4n) is 1.97. The summed E-state index contributed by atoms with van der Waals surface area (Å²) in [5, 5.41) is 12.4. The Morgan fingerprint density at radius 1 is 1.35 bits per heavy atom. The first-order valence-electron chi connectivity index (χ1n) is 6.90. The van der Waals surface area contributed by atoms with Crippen molar-refractivity contribution in [3.8, 4) is 0 Å². The van der Waals surface area contributed by atoms with Crippen LogP contribution in [0.3, 0.4) is 0 Å². The molecule has 0 aromatic carbocycles. The zero-order chi connectivity index (χ0) is 16.8. The molecule has 2 aromatic rings.